The quantitative estimate of drug-likeness (QED) is 0.895. The molecule has 1 unspecified atom stereocenters. The molecule has 1 saturated carbocycles. The summed E-state index contributed by atoms with van der Waals surface area (Å²) in [5.74, 6) is 0.698. The lowest BCUT2D eigenvalue weighted by molar-refractivity contribution is 0.0221. The molecule has 1 atom stereocenters. The maximum atomic E-state index is 11.1. The summed E-state index contributed by atoms with van der Waals surface area (Å²) in [5, 5.41) is 15.5. The Morgan fingerprint density at radius 3 is 2.60 bits per heavy atom. The van der Waals surface area contributed by atoms with E-state index in [1.54, 1.807) is 13.3 Å². The molecule has 20 heavy (non-hydrogen) atoms. The molecule has 1 aliphatic carbocycles. The molecule has 1 aromatic rings. The monoisotopic (exact) mass is 281 g/mol. The average Bonchev–Trinajstić information content (AvgIpc) is 2.88. The van der Waals surface area contributed by atoms with Gasteiger partial charge in [-0.05, 0) is 38.8 Å². The van der Waals surface area contributed by atoms with Crippen LogP contribution in [0.2, 0.25) is 0 Å². The first-order valence-corrected chi connectivity index (χ1v) is 7.25. The van der Waals surface area contributed by atoms with E-state index in [-0.39, 0.29) is 5.41 Å². The fraction of sp³-hybridized carbons (Fsp3) is 0.800. The number of hydrogen-bond acceptors (Lipinski definition) is 4. The minimum Gasteiger partial charge on any atom is -0.493 e. The van der Waals surface area contributed by atoms with Crippen LogP contribution in [0.5, 0.6) is 5.75 Å². The van der Waals surface area contributed by atoms with E-state index in [2.05, 4.69) is 23.8 Å². The molecule has 1 aromatic heterocycles. The molecule has 0 radical (unpaired) electrons. The Bertz CT molecular complexity index is 468. The van der Waals surface area contributed by atoms with Gasteiger partial charge in [0.15, 0.2) is 5.75 Å². The summed E-state index contributed by atoms with van der Waals surface area (Å²) < 4.78 is 7.32. The lowest BCUT2D eigenvalue weighted by Crippen LogP contribution is -2.30. The lowest BCUT2D eigenvalue weighted by atomic mass is 9.87. The summed E-state index contributed by atoms with van der Waals surface area (Å²) in [5.41, 5.74) is 0.182. The van der Waals surface area contributed by atoms with Crippen molar-refractivity contribution in [2.24, 2.45) is 5.41 Å². The Morgan fingerprint density at radius 2 is 2.10 bits per heavy atom. The Balaban J connectivity index is 2.31. The topological polar surface area (TPSA) is 50.5 Å². The first-order chi connectivity index (χ1) is 9.27. The number of aromatic nitrogens is 2. The maximum Gasteiger partial charge on any atom is 0.162 e. The molecule has 1 aliphatic rings. The molecule has 1 N–H and O–H groups in total. The Hall–Kier alpha value is -1.07. The highest BCUT2D eigenvalue weighted by molar-refractivity contribution is 5.32. The van der Waals surface area contributed by atoms with Gasteiger partial charge in [-0.2, -0.15) is 5.10 Å². The van der Waals surface area contributed by atoms with Gasteiger partial charge in [0.05, 0.1) is 19.9 Å². The number of ether oxygens (including phenoxy) is 1. The van der Waals surface area contributed by atoms with E-state index in [0.29, 0.717) is 5.75 Å². The third-order valence-electron chi connectivity index (χ3n) is 4.21. The number of aliphatic hydroxyl groups is 1. The molecule has 0 aliphatic heterocycles. The van der Waals surface area contributed by atoms with Crippen molar-refractivity contribution in [2.45, 2.75) is 45.3 Å². The van der Waals surface area contributed by atoms with Crippen molar-refractivity contribution >= 4 is 0 Å². The highest BCUT2D eigenvalue weighted by atomic mass is 16.5. The largest absolute Gasteiger partial charge is 0.493 e. The zero-order valence-corrected chi connectivity index (χ0v) is 13.3. The van der Waals surface area contributed by atoms with Crippen molar-refractivity contribution in [1.29, 1.82) is 0 Å². The summed E-state index contributed by atoms with van der Waals surface area (Å²) in [6, 6.07) is 0. The first kappa shape index (κ1) is 15.3. The van der Waals surface area contributed by atoms with Crippen LogP contribution in [0, 0.1) is 5.41 Å². The summed E-state index contributed by atoms with van der Waals surface area (Å²) in [6.07, 6.45) is 4.26. The molecule has 0 saturated heterocycles. The predicted octanol–water partition coefficient (Wildman–Crippen LogP) is 1.85. The molecule has 1 fully saturated rings. The van der Waals surface area contributed by atoms with Crippen molar-refractivity contribution in [3.8, 4) is 5.75 Å². The standard InChI is InChI=1S/C15H27N3O2/c1-14(2)6-7-15(19,11-14)13-12(20-5)10-16-18(13)9-8-17(3)4/h10,19H,6-9,11H2,1-5H3. The SMILES string of the molecule is COc1cnn(CCN(C)C)c1C1(O)CCC(C)(C)C1. The molecular formula is C15H27N3O2. The zero-order valence-electron chi connectivity index (χ0n) is 13.3. The van der Waals surface area contributed by atoms with Crippen molar-refractivity contribution in [3.63, 3.8) is 0 Å². The summed E-state index contributed by atoms with van der Waals surface area (Å²) in [4.78, 5) is 2.11. The van der Waals surface area contributed by atoms with Crippen LogP contribution in [-0.4, -0.2) is 47.5 Å². The fourth-order valence-electron chi connectivity index (χ4n) is 3.17. The van der Waals surface area contributed by atoms with E-state index < -0.39 is 5.60 Å². The molecular weight excluding hydrogens is 254 g/mol. The third kappa shape index (κ3) is 2.99. The second kappa shape index (κ2) is 5.37. The molecule has 0 spiro atoms. The van der Waals surface area contributed by atoms with Crippen molar-refractivity contribution in [1.82, 2.24) is 14.7 Å². The molecule has 0 bridgehead atoms. The number of rotatable bonds is 5. The van der Waals surface area contributed by atoms with Gasteiger partial charge in [-0.25, -0.2) is 0 Å². The van der Waals surface area contributed by atoms with Crippen LogP contribution in [0.4, 0.5) is 0 Å². The van der Waals surface area contributed by atoms with Gasteiger partial charge in [0.2, 0.25) is 0 Å². The average molecular weight is 281 g/mol. The predicted molar refractivity (Wildman–Crippen MR) is 78.9 cm³/mol. The van der Waals surface area contributed by atoms with Gasteiger partial charge < -0.3 is 14.7 Å². The van der Waals surface area contributed by atoms with Crippen LogP contribution >= 0.6 is 0 Å². The van der Waals surface area contributed by atoms with Crippen LogP contribution < -0.4 is 4.74 Å². The zero-order chi connectivity index (χ0) is 15.0. The van der Waals surface area contributed by atoms with E-state index >= 15 is 0 Å². The van der Waals surface area contributed by atoms with Gasteiger partial charge in [-0.1, -0.05) is 13.8 Å². The third-order valence-corrected chi connectivity index (χ3v) is 4.21. The van der Waals surface area contributed by atoms with E-state index in [0.717, 1.165) is 38.0 Å². The second-order valence-corrected chi connectivity index (χ2v) is 6.96. The van der Waals surface area contributed by atoms with Crippen molar-refractivity contribution in [3.05, 3.63) is 11.9 Å². The summed E-state index contributed by atoms with van der Waals surface area (Å²) >= 11 is 0. The molecule has 1 heterocycles. The van der Waals surface area contributed by atoms with Gasteiger partial charge >= 0.3 is 0 Å². The van der Waals surface area contributed by atoms with Crippen molar-refractivity contribution in [2.75, 3.05) is 27.7 Å². The van der Waals surface area contributed by atoms with E-state index in [1.165, 1.54) is 0 Å². The molecule has 114 valence electrons. The highest BCUT2D eigenvalue weighted by Crippen LogP contribution is 2.50. The van der Waals surface area contributed by atoms with Gasteiger partial charge in [0.1, 0.15) is 11.3 Å². The molecule has 5 nitrogen and oxygen atoms in total. The highest BCUT2D eigenvalue weighted by Gasteiger charge is 2.46. The van der Waals surface area contributed by atoms with E-state index in [4.69, 9.17) is 4.74 Å². The lowest BCUT2D eigenvalue weighted by Gasteiger charge is -2.27. The van der Waals surface area contributed by atoms with Crippen LogP contribution in [0.25, 0.3) is 0 Å². The summed E-state index contributed by atoms with van der Waals surface area (Å²) in [7, 11) is 5.71. The Morgan fingerprint density at radius 1 is 1.40 bits per heavy atom. The number of hydrogen-bond donors (Lipinski definition) is 1. The van der Waals surface area contributed by atoms with Gasteiger partial charge in [-0.15, -0.1) is 0 Å². The molecule has 2 rings (SSSR count). The van der Waals surface area contributed by atoms with Gasteiger partial charge in [0, 0.05) is 6.54 Å². The minimum atomic E-state index is -0.822. The van der Waals surface area contributed by atoms with Gasteiger partial charge in [0.25, 0.3) is 0 Å². The van der Waals surface area contributed by atoms with Crippen LogP contribution in [0.3, 0.4) is 0 Å². The molecule has 0 amide bonds. The molecule has 0 aromatic carbocycles. The fourth-order valence-corrected chi connectivity index (χ4v) is 3.17. The second-order valence-electron chi connectivity index (χ2n) is 6.96. The number of nitrogens with zero attached hydrogens (tertiary/aromatic N) is 3. The van der Waals surface area contributed by atoms with Crippen LogP contribution in [0.15, 0.2) is 6.20 Å². The summed E-state index contributed by atoms with van der Waals surface area (Å²) in [6.45, 7) is 6.06. The van der Waals surface area contributed by atoms with Crippen LogP contribution in [-0.2, 0) is 12.1 Å². The minimum absolute atomic E-state index is 0.163. The van der Waals surface area contributed by atoms with E-state index in [9.17, 15) is 5.11 Å². The van der Waals surface area contributed by atoms with Crippen molar-refractivity contribution < 1.29 is 9.84 Å². The van der Waals surface area contributed by atoms with Crippen LogP contribution in [0.1, 0.15) is 38.8 Å². The first-order valence-electron chi connectivity index (χ1n) is 7.25. The van der Waals surface area contributed by atoms with Gasteiger partial charge in [-0.3, -0.25) is 4.68 Å². The number of likely N-dealkylation sites (N-methyl/N-ethyl adjacent to an activating group) is 1. The smallest absolute Gasteiger partial charge is 0.162 e. The Labute approximate surface area is 121 Å². The van der Waals surface area contributed by atoms with E-state index in [1.807, 2.05) is 18.8 Å². The number of methoxy groups -OCH3 is 1. The normalized spacial score (nSPS) is 25.4. The molecule has 5 heteroatoms. The Kier molecular flexibility index (Phi) is 4.12. The maximum absolute atomic E-state index is 11.1.